The second kappa shape index (κ2) is 6.30. The molecule has 0 fully saturated rings. The maximum absolute atomic E-state index is 12.0. The number of hydrogen-bond donors (Lipinski definition) is 2. The molecular formula is C15H15ClN2O2. The highest BCUT2D eigenvalue weighted by atomic mass is 35.5. The zero-order chi connectivity index (χ0) is 14.5. The van der Waals surface area contributed by atoms with E-state index in [1.807, 2.05) is 6.92 Å². The van der Waals surface area contributed by atoms with E-state index in [9.17, 15) is 4.79 Å². The molecule has 5 heteroatoms. The number of halogens is 1. The van der Waals surface area contributed by atoms with Crippen LogP contribution < -0.4 is 15.8 Å². The van der Waals surface area contributed by atoms with Crippen LogP contribution in [0, 0.1) is 0 Å². The quantitative estimate of drug-likeness (QED) is 0.846. The van der Waals surface area contributed by atoms with Crippen molar-refractivity contribution in [2.24, 2.45) is 0 Å². The van der Waals surface area contributed by atoms with Gasteiger partial charge in [-0.15, -0.1) is 0 Å². The van der Waals surface area contributed by atoms with E-state index in [2.05, 4.69) is 5.32 Å². The van der Waals surface area contributed by atoms with Gasteiger partial charge in [0.05, 0.1) is 11.6 Å². The Morgan fingerprint density at radius 1 is 1.30 bits per heavy atom. The SMILES string of the molecule is CCOc1ccc(NC(=O)c2cccc(N)c2)cc1Cl. The number of hydrogen-bond acceptors (Lipinski definition) is 3. The van der Waals surface area contributed by atoms with Gasteiger partial charge in [-0.25, -0.2) is 0 Å². The van der Waals surface area contributed by atoms with E-state index in [1.165, 1.54) is 0 Å². The Hall–Kier alpha value is -2.20. The molecule has 2 rings (SSSR count). The lowest BCUT2D eigenvalue weighted by molar-refractivity contribution is 0.102. The maximum atomic E-state index is 12.0. The van der Waals surface area contributed by atoms with Gasteiger partial charge >= 0.3 is 0 Å². The van der Waals surface area contributed by atoms with Crippen molar-refractivity contribution in [1.82, 2.24) is 0 Å². The standard InChI is InChI=1S/C15H15ClN2O2/c1-2-20-14-7-6-12(9-13(14)16)18-15(19)10-4-3-5-11(17)8-10/h3-9H,2,17H2,1H3,(H,18,19). The van der Waals surface area contributed by atoms with Crippen molar-refractivity contribution in [3.8, 4) is 5.75 Å². The number of anilines is 2. The zero-order valence-electron chi connectivity index (χ0n) is 11.0. The maximum Gasteiger partial charge on any atom is 0.255 e. The van der Waals surface area contributed by atoms with Crippen molar-refractivity contribution >= 4 is 28.9 Å². The molecule has 4 nitrogen and oxygen atoms in total. The van der Waals surface area contributed by atoms with Gasteiger partial charge in [-0.05, 0) is 43.3 Å². The molecule has 3 N–H and O–H groups in total. The number of amides is 1. The third kappa shape index (κ3) is 3.42. The Bertz CT molecular complexity index is 629. The van der Waals surface area contributed by atoms with Crippen LogP contribution in [0.5, 0.6) is 5.75 Å². The van der Waals surface area contributed by atoms with Crippen molar-refractivity contribution in [2.75, 3.05) is 17.7 Å². The molecule has 0 saturated heterocycles. The monoisotopic (exact) mass is 290 g/mol. The van der Waals surface area contributed by atoms with Crippen molar-refractivity contribution in [3.05, 3.63) is 53.1 Å². The fourth-order valence-electron chi connectivity index (χ4n) is 1.73. The molecule has 0 saturated carbocycles. The van der Waals surface area contributed by atoms with Gasteiger partial charge in [0.1, 0.15) is 5.75 Å². The minimum Gasteiger partial charge on any atom is -0.492 e. The summed E-state index contributed by atoms with van der Waals surface area (Å²) in [7, 11) is 0. The highest BCUT2D eigenvalue weighted by molar-refractivity contribution is 6.32. The van der Waals surface area contributed by atoms with Gasteiger partial charge in [0.15, 0.2) is 0 Å². The first-order chi connectivity index (χ1) is 9.60. The van der Waals surface area contributed by atoms with E-state index in [0.29, 0.717) is 34.3 Å². The van der Waals surface area contributed by atoms with Gasteiger partial charge < -0.3 is 15.8 Å². The van der Waals surface area contributed by atoms with Crippen molar-refractivity contribution in [1.29, 1.82) is 0 Å². The number of nitrogen functional groups attached to an aromatic ring is 1. The van der Waals surface area contributed by atoms with E-state index in [0.717, 1.165) is 0 Å². The fourth-order valence-corrected chi connectivity index (χ4v) is 1.97. The third-order valence-corrected chi connectivity index (χ3v) is 2.93. The molecule has 2 aromatic rings. The van der Waals surface area contributed by atoms with Gasteiger partial charge in [0.25, 0.3) is 5.91 Å². The van der Waals surface area contributed by atoms with Gasteiger partial charge in [-0.1, -0.05) is 17.7 Å². The lowest BCUT2D eigenvalue weighted by atomic mass is 10.2. The van der Waals surface area contributed by atoms with Crippen molar-refractivity contribution in [3.63, 3.8) is 0 Å². The Labute approximate surface area is 122 Å². The normalized spacial score (nSPS) is 10.1. The summed E-state index contributed by atoms with van der Waals surface area (Å²) in [4.78, 5) is 12.0. The van der Waals surface area contributed by atoms with Crippen LogP contribution in [-0.2, 0) is 0 Å². The second-order valence-corrected chi connectivity index (χ2v) is 4.57. The van der Waals surface area contributed by atoms with Crippen LogP contribution in [0.3, 0.4) is 0 Å². The molecule has 104 valence electrons. The molecule has 0 aliphatic carbocycles. The molecule has 0 aromatic heterocycles. The summed E-state index contributed by atoms with van der Waals surface area (Å²) in [5.41, 5.74) is 7.29. The predicted octanol–water partition coefficient (Wildman–Crippen LogP) is 3.57. The minimum atomic E-state index is -0.238. The molecular weight excluding hydrogens is 276 g/mol. The van der Waals surface area contributed by atoms with E-state index < -0.39 is 0 Å². The van der Waals surface area contributed by atoms with E-state index >= 15 is 0 Å². The smallest absolute Gasteiger partial charge is 0.255 e. The lowest BCUT2D eigenvalue weighted by Gasteiger charge is -2.09. The molecule has 20 heavy (non-hydrogen) atoms. The van der Waals surface area contributed by atoms with E-state index in [4.69, 9.17) is 22.1 Å². The molecule has 0 heterocycles. The summed E-state index contributed by atoms with van der Waals surface area (Å²) in [6.07, 6.45) is 0. The number of nitrogens with two attached hydrogens (primary N) is 1. The van der Waals surface area contributed by atoms with Crippen molar-refractivity contribution < 1.29 is 9.53 Å². The lowest BCUT2D eigenvalue weighted by Crippen LogP contribution is -2.12. The second-order valence-electron chi connectivity index (χ2n) is 4.16. The molecule has 0 unspecified atom stereocenters. The zero-order valence-corrected chi connectivity index (χ0v) is 11.8. The largest absolute Gasteiger partial charge is 0.492 e. The Morgan fingerprint density at radius 3 is 2.75 bits per heavy atom. The molecule has 0 spiro atoms. The van der Waals surface area contributed by atoms with Crippen LogP contribution in [-0.4, -0.2) is 12.5 Å². The molecule has 0 radical (unpaired) electrons. The molecule has 0 aliphatic rings. The van der Waals surface area contributed by atoms with Crippen molar-refractivity contribution in [2.45, 2.75) is 6.92 Å². The van der Waals surface area contributed by atoms with E-state index in [-0.39, 0.29) is 5.91 Å². The van der Waals surface area contributed by atoms with E-state index in [1.54, 1.807) is 42.5 Å². The summed E-state index contributed by atoms with van der Waals surface area (Å²) < 4.78 is 5.34. The summed E-state index contributed by atoms with van der Waals surface area (Å²) >= 11 is 6.07. The molecule has 1 amide bonds. The molecule has 0 bridgehead atoms. The number of carbonyl (C=O) groups excluding carboxylic acids is 1. The van der Waals surface area contributed by atoms with Crippen LogP contribution in [0.25, 0.3) is 0 Å². The van der Waals surface area contributed by atoms with Crippen LogP contribution in [0.4, 0.5) is 11.4 Å². The highest BCUT2D eigenvalue weighted by Crippen LogP contribution is 2.27. The number of rotatable bonds is 4. The van der Waals surface area contributed by atoms with Crippen LogP contribution in [0.15, 0.2) is 42.5 Å². The minimum absolute atomic E-state index is 0.238. The van der Waals surface area contributed by atoms with Gasteiger partial charge in [-0.2, -0.15) is 0 Å². The van der Waals surface area contributed by atoms with Crippen LogP contribution >= 0.6 is 11.6 Å². The summed E-state index contributed by atoms with van der Waals surface area (Å²) in [5.74, 6) is 0.355. The molecule has 0 atom stereocenters. The first-order valence-corrected chi connectivity index (χ1v) is 6.57. The van der Waals surface area contributed by atoms with Gasteiger partial charge in [0.2, 0.25) is 0 Å². The first-order valence-electron chi connectivity index (χ1n) is 6.19. The first kappa shape index (κ1) is 14.2. The van der Waals surface area contributed by atoms with Gasteiger partial charge in [-0.3, -0.25) is 4.79 Å². The Balaban J connectivity index is 2.14. The molecule has 0 aliphatic heterocycles. The summed E-state index contributed by atoms with van der Waals surface area (Å²) in [6, 6.07) is 11.9. The topological polar surface area (TPSA) is 64.3 Å². The third-order valence-electron chi connectivity index (χ3n) is 2.64. The van der Waals surface area contributed by atoms with Crippen LogP contribution in [0.2, 0.25) is 5.02 Å². The summed E-state index contributed by atoms with van der Waals surface area (Å²) in [5, 5.41) is 3.22. The van der Waals surface area contributed by atoms with Gasteiger partial charge in [0, 0.05) is 16.9 Å². The number of ether oxygens (including phenoxy) is 1. The number of benzene rings is 2. The average molecular weight is 291 g/mol. The number of carbonyl (C=O) groups is 1. The Kier molecular flexibility index (Phi) is 4.48. The highest BCUT2D eigenvalue weighted by Gasteiger charge is 2.08. The molecule has 2 aromatic carbocycles. The summed E-state index contributed by atoms with van der Waals surface area (Å²) in [6.45, 7) is 2.42. The Morgan fingerprint density at radius 2 is 2.10 bits per heavy atom. The predicted molar refractivity (Wildman–Crippen MR) is 81.4 cm³/mol. The average Bonchev–Trinajstić information content (AvgIpc) is 2.42. The number of nitrogens with one attached hydrogen (secondary N) is 1. The van der Waals surface area contributed by atoms with Crippen LogP contribution in [0.1, 0.15) is 17.3 Å². The fraction of sp³-hybridized carbons (Fsp3) is 0.133.